The first-order chi connectivity index (χ1) is 10.5. The van der Waals surface area contributed by atoms with Gasteiger partial charge in [0.25, 0.3) is 0 Å². The lowest BCUT2D eigenvalue weighted by atomic mass is 9.90. The molecule has 122 valence electrons. The largest absolute Gasteiger partial charge is 0.396 e. The Hall–Kier alpha value is -1.75. The van der Waals surface area contributed by atoms with Gasteiger partial charge in [0.2, 0.25) is 0 Å². The van der Waals surface area contributed by atoms with Gasteiger partial charge in [-0.05, 0) is 36.8 Å². The molecule has 0 aromatic heterocycles. The van der Waals surface area contributed by atoms with Crippen LogP contribution in [0.15, 0.2) is 24.3 Å². The quantitative estimate of drug-likeness (QED) is 0.757. The Labute approximate surface area is 132 Å². The average Bonchev–Trinajstić information content (AvgIpc) is 3.00. The molecule has 2 amide bonds. The van der Waals surface area contributed by atoms with Crippen molar-refractivity contribution in [3.05, 3.63) is 24.3 Å². The number of benzene rings is 1. The number of nitrogens with zero attached hydrogens (tertiary/aromatic N) is 1. The van der Waals surface area contributed by atoms with E-state index in [2.05, 4.69) is 21.6 Å². The van der Waals surface area contributed by atoms with Crippen molar-refractivity contribution in [2.45, 2.75) is 33.1 Å². The van der Waals surface area contributed by atoms with Gasteiger partial charge < -0.3 is 20.6 Å². The molecule has 1 aliphatic rings. The Bertz CT molecular complexity index is 496. The van der Waals surface area contributed by atoms with Gasteiger partial charge in [0, 0.05) is 26.2 Å². The predicted octanol–water partition coefficient (Wildman–Crippen LogP) is 2.82. The molecule has 22 heavy (non-hydrogen) atoms. The maximum absolute atomic E-state index is 12.1. The number of nitrogens with one attached hydrogen (secondary N) is 2. The van der Waals surface area contributed by atoms with Gasteiger partial charge in [-0.25, -0.2) is 4.79 Å². The summed E-state index contributed by atoms with van der Waals surface area (Å²) in [6.45, 7) is 6.82. The normalized spacial score (nSPS) is 15.0. The third-order valence-electron chi connectivity index (χ3n) is 4.12. The van der Waals surface area contributed by atoms with Crippen molar-refractivity contribution < 1.29 is 9.90 Å². The molecule has 0 bridgehead atoms. The standard InChI is InChI=1S/C17H27N3O2/c1-17(2,9-12-21)13-18-16(22)19-14-7-3-4-8-15(14)20-10-5-6-11-20/h3-4,7-8,21H,5-6,9-13H2,1-2H3,(H2,18,19,22). The summed E-state index contributed by atoms with van der Waals surface area (Å²) >= 11 is 0. The molecule has 1 aliphatic heterocycles. The van der Waals surface area contributed by atoms with Crippen molar-refractivity contribution in [3.8, 4) is 0 Å². The smallest absolute Gasteiger partial charge is 0.319 e. The van der Waals surface area contributed by atoms with Gasteiger partial charge in [-0.2, -0.15) is 0 Å². The van der Waals surface area contributed by atoms with Crippen molar-refractivity contribution in [2.75, 3.05) is 36.5 Å². The number of hydrogen-bond acceptors (Lipinski definition) is 3. The number of anilines is 2. The summed E-state index contributed by atoms with van der Waals surface area (Å²) < 4.78 is 0. The highest BCUT2D eigenvalue weighted by molar-refractivity contribution is 5.93. The highest BCUT2D eigenvalue weighted by Crippen LogP contribution is 2.28. The molecule has 3 N–H and O–H groups in total. The average molecular weight is 305 g/mol. The molecule has 1 aromatic rings. The fourth-order valence-corrected chi connectivity index (χ4v) is 2.69. The fourth-order valence-electron chi connectivity index (χ4n) is 2.69. The number of urea groups is 1. The van der Waals surface area contributed by atoms with Crippen LogP contribution in [0.4, 0.5) is 16.2 Å². The van der Waals surface area contributed by atoms with E-state index in [0.29, 0.717) is 13.0 Å². The molecule has 0 spiro atoms. The molecule has 5 nitrogen and oxygen atoms in total. The number of amides is 2. The molecule has 0 aliphatic carbocycles. The molecular formula is C17H27N3O2. The number of carbonyl (C=O) groups excluding carboxylic acids is 1. The minimum Gasteiger partial charge on any atom is -0.396 e. The van der Waals surface area contributed by atoms with E-state index in [0.717, 1.165) is 24.5 Å². The molecule has 5 heteroatoms. The highest BCUT2D eigenvalue weighted by atomic mass is 16.3. The zero-order chi connectivity index (χ0) is 16.0. The Morgan fingerprint density at radius 2 is 1.95 bits per heavy atom. The maximum Gasteiger partial charge on any atom is 0.319 e. The van der Waals surface area contributed by atoms with Crippen LogP contribution in [0.5, 0.6) is 0 Å². The first-order valence-corrected chi connectivity index (χ1v) is 8.01. The van der Waals surface area contributed by atoms with Crippen molar-refractivity contribution in [1.29, 1.82) is 0 Å². The lowest BCUT2D eigenvalue weighted by Crippen LogP contribution is -2.37. The van der Waals surface area contributed by atoms with Gasteiger partial charge in [-0.1, -0.05) is 26.0 Å². The topological polar surface area (TPSA) is 64.6 Å². The zero-order valence-corrected chi connectivity index (χ0v) is 13.6. The first kappa shape index (κ1) is 16.6. The summed E-state index contributed by atoms with van der Waals surface area (Å²) in [6, 6.07) is 7.73. The number of aliphatic hydroxyl groups excluding tert-OH is 1. The summed E-state index contributed by atoms with van der Waals surface area (Å²) in [5, 5.41) is 14.9. The molecule has 1 saturated heterocycles. The van der Waals surface area contributed by atoms with Crippen LogP contribution in [0, 0.1) is 5.41 Å². The van der Waals surface area contributed by atoms with Crippen LogP contribution < -0.4 is 15.5 Å². The third kappa shape index (κ3) is 4.63. The van der Waals surface area contributed by atoms with Gasteiger partial charge in [0.1, 0.15) is 0 Å². The molecular weight excluding hydrogens is 278 g/mol. The maximum atomic E-state index is 12.1. The van der Waals surface area contributed by atoms with Gasteiger partial charge in [-0.15, -0.1) is 0 Å². The summed E-state index contributed by atoms with van der Waals surface area (Å²) in [5.41, 5.74) is 1.83. The van der Waals surface area contributed by atoms with Crippen LogP contribution in [0.3, 0.4) is 0 Å². The molecule has 2 rings (SSSR count). The SMILES string of the molecule is CC(C)(CCO)CNC(=O)Nc1ccccc1N1CCCC1. The van der Waals surface area contributed by atoms with Crippen molar-refractivity contribution in [2.24, 2.45) is 5.41 Å². The van der Waals surface area contributed by atoms with Gasteiger partial charge in [-0.3, -0.25) is 0 Å². The van der Waals surface area contributed by atoms with E-state index in [4.69, 9.17) is 5.11 Å². The Morgan fingerprint density at radius 3 is 2.64 bits per heavy atom. The van der Waals surface area contributed by atoms with Crippen LogP contribution in [-0.2, 0) is 0 Å². The van der Waals surface area contributed by atoms with Gasteiger partial charge in [0.05, 0.1) is 11.4 Å². The molecule has 1 heterocycles. The predicted molar refractivity (Wildman–Crippen MR) is 90.4 cm³/mol. The van der Waals surface area contributed by atoms with E-state index in [1.807, 2.05) is 32.0 Å². The monoisotopic (exact) mass is 305 g/mol. The minimum absolute atomic E-state index is 0.111. The van der Waals surface area contributed by atoms with Crippen molar-refractivity contribution >= 4 is 17.4 Å². The molecule has 0 radical (unpaired) electrons. The second-order valence-electron chi connectivity index (χ2n) is 6.66. The van der Waals surface area contributed by atoms with Crippen LogP contribution in [0.2, 0.25) is 0 Å². The van der Waals surface area contributed by atoms with Gasteiger partial charge >= 0.3 is 6.03 Å². The lowest BCUT2D eigenvalue weighted by molar-refractivity contribution is 0.204. The minimum atomic E-state index is -0.197. The molecule has 0 saturated carbocycles. The molecule has 1 aromatic carbocycles. The summed E-state index contributed by atoms with van der Waals surface area (Å²) in [6.07, 6.45) is 3.07. The van der Waals surface area contributed by atoms with E-state index >= 15 is 0 Å². The second kappa shape index (κ2) is 7.49. The molecule has 1 fully saturated rings. The Morgan fingerprint density at radius 1 is 1.27 bits per heavy atom. The second-order valence-corrected chi connectivity index (χ2v) is 6.66. The molecule has 0 unspecified atom stereocenters. The van der Waals surface area contributed by atoms with Crippen LogP contribution >= 0.6 is 0 Å². The molecule has 0 atom stereocenters. The van der Waals surface area contributed by atoms with E-state index < -0.39 is 0 Å². The Kier molecular flexibility index (Phi) is 5.66. The van der Waals surface area contributed by atoms with Crippen LogP contribution in [0.1, 0.15) is 33.1 Å². The number of rotatable bonds is 6. The van der Waals surface area contributed by atoms with Gasteiger partial charge in [0.15, 0.2) is 0 Å². The van der Waals surface area contributed by atoms with E-state index in [-0.39, 0.29) is 18.1 Å². The number of aliphatic hydroxyl groups is 1. The summed E-state index contributed by atoms with van der Waals surface area (Å²) in [4.78, 5) is 14.4. The Balaban J connectivity index is 1.94. The lowest BCUT2D eigenvalue weighted by Gasteiger charge is -2.25. The zero-order valence-electron chi connectivity index (χ0n) is 13.6. The van der Waals surface area contributed by atoms with Crippen LogP contribution in [0.25, 0.3) is 0 Å². The van der Waals surface area contributed by atoms with E-state index in [1.165, 1.54) is 12.8 Å². The number of para-hydroxylation sites is 2. The summed E-state index contributed by atoms with van der Waals surface area (Å²) in [5.74, 6) is 0. The van der Waals surface area contributed by atoms with E-state index in [9.17, 15) is 4.79 Å². The summed E-state index contributed by atoms with van der Waals surface area (Å²) in [7, 11) is 0. The van der Waals surface area contributed by atoms with E-state index in [1.54, 1.807) is 0 Å². The third-order valence-corrected chi connectivity index (χ3v) is 4.12. The number of carbonyl (C=O) groups is 1. The van der Waals surface area contributed by atoms with Crippen molar-refractivity contribution in [3.63, 3.8) is 0 Å². The van der Waals surface area contributed by atoms with Crippen molar-refractivity contribution in [1.82, 2.24) is 5.32 Å². The highest BCUT2D eigenvalue weighted by Gasteiger charge is 2.19. The fraction of sp³-hybridized carbons (Fsp3) is 0.588. The van der Waals surface area contributed by atoms with Crippen LogP contribution in [-0.4, -0.2) is 37.4 Å². The first-order valence-electron chi connectivity index (χ1n) is 8.01. The number of hydrogen-bond donors (Lipinski definition) is 3.